The van der Waals surface area contributed by atoms with E-state index in [1.807, 2.05) is 6.07 Å². The van der Waals surface area contributed by atoms with Crippen molar-refractivity contribution >= 4 is 16.9 Å². The predicted octanol–water partition coefficient (Wildman–Crippen LogP) is 3.14. The number of hydrogen-bond acceptors (Lipinski definition) is 6. The van der Waals surface area contributed by atoms with Crippen LogP contribution in [0.5, 0.6) is 5.88 Å². The summed E-state index contributed by atoms with van der Waals surface area (Å²) in [5.74, 6) is -3.52. The fraction of sp³-hybridized carbons (Fsp3) is 0.227. The second kappa shape index (κ2) is 7.95. The molecule has 1 amide bonds. The maximum Gasteiger partial charge on any atom is 0.287 e. The van der Waals surface area contributed by atoms with Crippen molar-refractivity contribution in [2.24, 2.45) is 0 Å². The number of piperidine rings is 1. The third kappa shape index (κ3) is 3.75. The normalized spacial score (nSPS) is 17.9. The van der Waals surface area contributed by atoms with Crippen LogP contribution < -0.4 is 4.74 Å². The molecule has 1 aliphatic rings. The molecule has 5 rings (SSSR count). The number of halogens is 2. The Morgan fingerprint density at radius 2 is 1.75 bits per heavy atom. The highest BCUT2D eigenvalue weighted by molar-refractivity contribution is 5.97. The van der Waals surface area contributed by atoms with Gasteiger partial charge in [-0.15, -0.1) is 0 Å². The SMILES string of the molecule is O=C(c1ccccc1-n1nccn1)N1CCC(F)(F)C(Oc2cnc3ccccc3n2)C1. The van der Waals surface area contributed by atoms with Crippen molar-refractivity contribution in [1.82, 2.24) is 29.9 Å². The van der Waals surface area contributed by atoms with Crippen LogP contribution in [0.4, 0.5) is 8.78 Å². The summed E-state index contributed by atoms with van der Waals surface area (Å²) in [5, 5.41) is 8.14. The van der Waals surface area contributed by atoms with Crippen molar-refractivity contribution in [3.8, 4) is 11.6 Å². The van der Waals surface area contributed by atoms with Crippen molar-refractivity contribution in [3.05, 3.63) is 72.7 Å². The predicted molar refractivity (Wildman–Crippen MR) is 111 cm³/mol. The molecular formula is C22H18F2N6O2. The van der Waals surface area contributed by atoms with Crippen molar-refractivity contribution in [1.29, 1.82) is 0 Å². The fourth-order valence-electron chi connectivity index (χ4n) is 3.66. The van der Waals surface area contributed by atoms with E-state index in [0.717, 1.165) is 0 Å². The number of carbonyl (C=O) groups excluding carboxylic acids is 1. The van der Waals surface area contributed by atoms with Crippen molar-refractivity contribution in [2.75, 3.05) is 13.1 Å². The van der Waals surface area contributed by atoms with E-state index in [0.29, 0.717) is 22.3 Å². The van der Waals surface area contributed by atoms with Gasteiger partial charge < -0.3 is 9.64 Å². The second-order valence-electron chi connectivity index (χ2n) is 7.40. The third-order valence-corrected chi connectivity index (χ3v) is 5.32. The number of para-hydroxylation sites is 3. The summed E-state index contributed by atoms with van der Waals surface area (Å²) < 4.78 is 34.9. The summed E-state index contributed by atoms with van der Waals surface area (Å²) in [6.45, 7) is -0.392. The Kier molecular flexibility index (Phi) is 4.96. The molecule has 0 N–H and O–H groups in total. The Bertz CT molecular complexity index is 1260. The molecule has 8 nitrogen and oxygen atoms in total. The van der Waals surface area contributed by atoms with E-state index in [1.165, 1.54) is 28.3 Å². The van der Waals surface area contributed by atoms with Gasteiger partial charge in [0.25, 0.3) is 11.8 Å². The summed E-state index contributed by atoms with van der Waals surface area (Å²) >= 11 is 0. The molecule has 1 aliphatic heterocycles. The van der Waals surface area contributed by atoms with Gasteiger partial charge in [0, 0.05) is 13.0 Å². The number of amides is 1. The average Bonchev–Trinajstić information content (AvgIpc) is 3.35. The molecule has 1 atom stereocenters. The largest absolute Gasteiger partial charge is 0.465 e. The molecular weight excluding hydrogens is 418 g/mol. The molecule has 162 valence electrons. The maximum atomic E-state index is 14.7. The molecule has 0 radical (unpaired) electrons. The Morgan fingerprint density at radius 3 is 2.56 bits per heavy atom. The lowest BCUT2D eigenvalue weighted by molar-refractivity contribution is -0.131. The van der Waals surface area contributed by atoms with Gasteiger partial charge in [-0.2, -0.15) is 15.0 Å². The van der Waals surface area contributed by atoms with Crippen LogP contribution in [-0.2, 0) is 0 Å². The first-order valence-electron chi connectivity index (χ1n) is 10.0. The molecule has 2 aromatic carbocycles. The average molecular weight is 436 g/mol. The molecule has 1 fully saturated rings. The highest BCUT2D eigenvalue weighted by Crippen LogP contribution is 2.32. The van der Waals surface area contributed by atoms with E-state index in [2.05, 4.69) is 20.2 Å². The number of alkyl halides is 2. The smallest absolute Gasteiger partial charge is 0.287 e. The summed E-state index contributed by atoms with van der Waals surface area (Å²) in [7, 11) is 0. The van der Waals surface area contributed by atoms with Gasteiger partial charge in [0.05, 0.1) is 47.4 Å². The highest BCUT2D eigenvalue weighted by Gasteiger charge is 2.47. The van der Waals surface area contributed by atoms with Gasteiger partial charge in [-0.05, 0) is 24.3 Å². The van der Waals surface area contributed by atoms with Gasteiger partial charge >= 0.3 is 0 Å². The zero-order chi connectivity index (χ0) is 22.1. The molecule has 10 heteroatoms. The van der Waals surface area contributed by atoms with E-state index >= 15 is 0 Å². The summed E-state index contributed by atoms with van der Waals surface area (Å²) in [4.78, 5) is 24.4. The van der Waals surface area contributed by atoms with Crippen molar-refractivity contribution in [2.45, 2.75) is 18.4 Å². The summed E-state index contributed by atoms with van der Waals surface area (Å²) in [5.41, 5.74) is 1.96. The summed E-state index contributed by atoms with van der Waals surface area (Å²) in [6, 6.07) is 13.9. The van der Waals surface area contributed by atoms with Gasteiger partial charge in [0.1, 0.15) is 0 Å². The molecule has 0 bridgehead atoms. The number of hydrogen-bond donors (Lipinski definition) is 0. The van der Waals surface area contributed by atoms with Gasteiger partial charge in [-0.25, -0.2) is 18.7 Å². The van der Waals surface area contributed by atoms with E-state index in [9.17, 15) is 13.6 Å². The first kappa shape index (κ1) is 20.0. The van der Waals surface area contributed by atoms with Gasteiger partial charge in [0.2, 0.25) is 5.88 Å². The number of carbonyl (C=O) groups is 1. The minimum atomic E-state index is -3.12. The van der Waals surface area contributed by atoms with Gasteiger partial charge in [-0.1, -0.05) is 24.3 Å². The van der Waals surface area contributed by atoms with E-state index in [1.54, 1.807) is 42.5 Å². The standard InChI is InChI=1S/C22H18F2N6O2/c23-22(24)9-12-29(21(31)15-5-1-4-8-18(15)30-26-10-11-27-30)14-19(22)32-20-13-25-16-6-2-3-7-17(16)28-20/h1-8,10-11,13,19H,9,12,14H2. The minimum Gasteiger partial charge on any atom is -0.465 e. The first-order chi connectivity index (χ1) is 15.5. The molecule has 1 unspecified atom stereocenters. The molecule has 0 saturated carbocycles. The monoisotopic (exact) mass is 436 g/mol. The second-order valence-corrected chi connectivity index (χ2v) is 7.40. The number of ether oxygens (including phenoxy) is 1. The zero-order valence-corrected chi connectivity index (χ0v) is 16.8. The van der Waals surface area contributed by atoms with Gasteiger partial charge in [0.15, 0.2) is 6.10 Å². The van der Waals surface area contributed by atoms with Crippen molar-refractivity contribution < 1.29 is 18.3 Å². The van der Waals surface area contributed by atoms with Gasteiger partial charge in [-0.3, -0.25) is 4.79 Å². The minimum absolute atomic E-state index is 0.0104. The van der Waals surface area contributed by atoms with Crippen LogP contribution in [-0.4, -0.2) is 60.9 Å². The van der Waals surface area contributed by atoms with Crippen LogP contribution in [0.15, 0.2) is 67.1 Å². The Hall–Kier alpha value is -3.95. The van der Waals surface area contributed by atoms with E-state index < -0.39 is 24.4 Å². The first-order valence-corrected chi connectivity index (χ1v) is 10.0. The molecule has 3 heterocycles. The molecule has 1 saturated heterocycles. The number of likely N-dealkylation sites (tertiary alicyclic amines) is 1. The number of aromatic nitrogens is 5. The van der Waals surface area contributed by atoms with Crippen LogP contribution in [0, 0.1) is 0 Å². The lowest BCUT2D eigenvalue weighted by Crippen LogP contribution is -2.55. The zero-order valence-electron chi connectivity index (χ0n) is 16.8. The van der Waals surface area contributed by atoms with Crippen molar-refractivity contribution in [3.63, 3.8) is 0 Å². The topological polar surface area (TPSA) is 86.0 Å². The van der Waals surface area contributed by atoms with Crippen LogP contribution >= 0.6 is 0 Å². The lowest BCUT2D eigenvalue weighted by Gasteiger charge is -2.38. The molecule has 0 aliphatic carbocycles. The van der Waals surface area contributed by atoms with Crippen LogP contribution in [0.25, 0.3) is 16.7 Å². The van der Waals surface area contributed by atoms with Crippen LogP contribution in [0.1, 0.15) is 16.8 Å². The quantitative estimate of drug-likeness (QED) is 0.489. The Balaban J connectivity index is 1.39. The molecule has 32 heavy (non-hydrogen) atoms. The fourth-order valence-corrected chi connectivity index (χ4v) is 3.66. The summed E-state index contributed by atoms with van der Waals surface area (Å²) in [6.07, 6.45) is 2.24. The van der Waals surface area contributed by atoms with Crippen LogP contribution in [0.3, 0.4) is 0 Å². The number of fused-ring (bicyclic) bond motifs is 1. The molecule has 4 aromatic rings. The third-order valence-electron chi connectivity index (χ3n) is 5.32. The number of benzene rings is 2. The highest BCUT2D eigenvalue weighted by atomic mass is 19.3. The maximum absolute atomic E-state index is 14.7. The molecule has 2 aromatic heterocycles. The Morgan fingerprint density at radius 1 is 1.03 bits per heavy atom. The molecule has 0 spiro atoms. The van der Waals surface area contributed by atoms with Crippen LogP contribution in [0.2, 0.25) is 0 Å². The van der Waals surface area contributed by atoms with E-state index in [-0.39, 0.29) is 19.0 Å². The Labute approximate surface area is 181 Å². The van der Waals surface area contributed by atoms with E-state index in [4.69, 9.17) is 4.74 Å². The lowest BCUT2D eigenvalue weighted by atomic mass is 10.0. The number of nitrogens with zero attached hydrogens (tertiary/aromatic N) is 6. The number of rotatable bonds is 4.